The highest BCUT2D eigenvalue weighted by Gasteiger charge is 2.46. The van der Waals surface area contributed by atoms with Gasteiger partial charge in [0.15, 0.2) is 6.29 Å². The minimum Gasteiger partial charge on any atom is -0.348 e. The van der Waals surface area contributed by atoms with Crippen LogP contribution in [0.25, 0.3) is 0 Å². The summed E-state index contributed by atoms with van der Waals surface area (Å²) in [6.07, 6.45) is 3.34. The molecule has 1 aliphatic heterocycles. The quantitative estimate of drug-likeness (QED) is 0.648. The summed E-state index contributed by atoms with van der Waals surface area (Å²) in [6, 6.07) is 0. The van der Waals surface area contributed by atoms with Crippen molar-refractivity contribution in [3.63, 3.8) is 0 Å². The van der Waals surface area contributed by atoms with Gasteiger partial charge in [-0.25, -0.2) is 0 Å². The Kier molecular flexibility index (Phi) is 3.46. The molecule has 0 amide bonds. The van der Waals surface area contributed by atoms with E-state index in [4.69, 9.17) is 9.47 Å². The third-order valence-electron chi connectivity index (χ3n) is 4.46. The Bertz CT molecular complexity index is 335. The SMILES string of the molecule is C=C(C)C1OCC2(CO1)[C@H](C)C=C(C)C[C@H]2C. The zero-order valence-corrected chi connectivity index (χ0v) is 11.5. The minimum atomic E-state index is -0.202. The monoisotopic (exact) mass is 236 g/mol. The molecule has 1 aliphatic carbocycles. The van der Waals surface area contributed by atoms with Crippen molar-refractivity contribution in [3.8, 4) is 0 Å². The zero-order valence-electron chi connectivity index (χ0n) is 11.5. The Morgan fingerprint density at radius 1 is 1.35 bits per heavy atom. The van der Waals surface area contributed by atoms with Gasteiger partial charge in [-0.1, -0.05) is 32.1 Å². The average molecular weight is 236 g/mol. The number of rotatable bonds is 1. The molecule has 0 aromatic carbocycles. The van der Waals surface area contributed by atoms with Crippen LogP contribution in [0.4, 0.5) is 0 Å². The zero-order chi connectivity index (χ0) is 12.6. The second kappa shape index (κ2) is 4.58. The first-order chi connectivity index (χ1) is 7.95. The third kappa shape index (κ3) is 2.21. The molecule has 96 valence electrons. The van der Waals surface area contributed by atoms with Crippen LogP contribution >= 0.6 is 0 Å². The summed E-state index contributed by atoms with van der Waals surface area (Å²) in [6.45, 7) is 14.3. The normalized spacial score (nSPS) is 42.4. The lowest BCUT2D eigenvalue weighted by Crippen LogP contribution is -2.51. The molecule has 0 N–H and O–H groups in total. The first kappa shape index (κ1) is 12.8. The molecule has 0 aromatic rings. The highest BCUT2D eigenvalue weighted by Crippen LogP contribution is 2.47. The summed E-state index contributed by atoms with van der Waals surface area (Å²) in [7, 11) is 0. The molecule has 2 heteroatoms. The van der Waals surface area contributed by atoms with Crippen LogP contribution < -0.4 is 0 Å². The van der Waals surface area contributed by atoms with E-state index in [1.54, 1.807) is 0 Å². The summed E-state index contributed by atoms with van der Waals surface area (Å²) < 4.78 is 11.7. The van der Waals surface area contributed by atoms with Gasteiger partial charge in [0.1, 0.15) is 0 Å². The van der Waals surface area contributed by atoms with Crippen LogP contribution in [0.1, 0.15) is 34.1 Å². The Morgan fingerprint density at radius 3 is 2.41 bits per heavy atom. The number of allylic oxidation sites excluding steroid dienone is 2. The molecular formula is C15H24O2. The van der Waals surface area contributed by atoms with E-state index in [2.05, 4.69) is 33.4 Å². The average Bonchev–Trinajstić information content (AvgIpc) is 2.26. The van der Waals surface area contributed by atoms with Gasteiger partial charge in [-0.05, 0) is 37.7 Å². The Labute approximate surface area is 105 Å². The summed E-state index contributed by atoms with van der Waals surface area (Å²) in [5.74, 6) is 1.14. The summed E-state index contributed by atoms with van der Waals surface area (Å²) in [4.78, 5) is 0. The van der Waals surface area contributed by atoms with Crippen molar-refractivity contribution in [1.29, 1.82) is 0 Å². The Morgan fingerprint density at radius 2 is 1.94 bits per heavy atom. The molecule has 1 fully saturated rings. The van der Waals surface area contributed by atoms with Crippen molar-refractivity contribution < 1.29 is 9.47 Å². The van der Waals surface area contributed by atoms with Crippen LogP contribution in [0.5, 0.6) is 0 Å². The minimum absolute atomic E-state index is 0.158. The van der Waals surface area contributed by atoms with Crippen molar-refractivity contribution in [2.24, 2.45) is 17.3 Å². The van der Waals surface area contributed by atoms with Crippen LogP contribution in [0.15, 0.2) is 23.8 Å². The van der Waals surface area contributed by atoms with Gasteiger partial charge in [-0.3, -0.25) is 0 Å². The van der Waals surface area contributed by atoms with Gasteiger partial charge < -0.3 is 9.47 Å². The van der Waals surface area contributed by atoms with E-state index in [1.165, 1.54) is 5.57 Å². The lowest BCUT2D eigenvalue weighted by Gasteiger charge is -2.49. The maximum atomic E-state index is 5.86. The maximum Gasteiger partial charge on any atom is 0.179 e. The molecule has 1 saturated heterocycles. The molecule has 1 spiro atoms. The summed E-state index contributed by atoms with van der Waals surface area (Å²) in [5.41, 5.74) is 2.62. The second-order valence-corrected chi connectivity index (χ2v) is 5.94. The summed E-state index contributed by atoms with van der Waals surface area (Å²) >= 11 is 0. The molecule has 1 heterocycles. The number of ether oxygens (including phenoxy) is 2. The van der Waals surface area contributed by atoms with Gasteiger partial charge >= 0.3 is 0 Å². The van der Waals surface area contributed by atoms with E-state index in [1.807, 2.05) is 6.92 Å². The highest BCUT2D eigenvalue weighted by molar-refractivity contribution is 5.14. The first-order valence-corrected chi connectivity index (χ1v) is 6.51. The van der Waals surface area contributed by atoms with E-state index in [-0.39, 0.29) is 11.7 Å². The van der Waals surface area contributed by atoms with Gasteiger partial charge in [0.05, 0.1) is 13.2 Å². The van der Waals surface area contributed by atoms with Gasteiger partial charge in [0.2, 0.25) is 0 Å². The summed E-state index contributed by atoms with van der Waals surface area (Å²) in [5, 5.41) is 0. The Hall–Kier alpha value is -0.600. The molecule has 2 aliphatic rings. The van der Waals surface area contributed by atoms with Crippen LogP contribution in [0, 0.1) is 17.3 Å². The predicted molar refractivity (Wildman–Crippen MR) is 69.6 cm³/mol. The van der Waals surface area contributed by atoms with Gasteiger partial charge in [-0.2, -0.15) is 0 Å². The highest BCUT2D eigenvalue weighted by atomic mass is 16.7. The molecule has 0 aromatic heterocycles. The fraction of sp³-hybridized carbons (Fsp3) is 0.733. The van der Waals surface area contributed by atoms with Crippen molar-refractivity contribution in [2.45, 2.75) is 40.4 Å². The molecule has 0 bridgehead atoms. The third-order valence-corrected chi connectivity index (χ3v) is 4.46. The molecule has 17 heavy (non-hydrogen) atoms. The van der Waals surface area contributed by atoms with Crippen molar-refractivity contribution in [1.82, 2.24) is 0 Å². The van der Waals surface area contributed by atoms with Crippen molar-refractivity contribution >= 4 is 0 Å². The lowest BCUT2D eigenvalue weighted by molar-refractivity contribution is -0.234. The van der Waals surface area contributed by atoms with Crippen molar-refractivity contribution in [2.75, 3.05) is 13.2 Å². The molecule has 2 nitrogen and oxygen atoms in total. The topological polar surface area (TPSA) is 18.5 Å². The van der Waals surface area contributed by atoms with Gasteiger partial charge in [-0.15, -0.1) is 0 Å². The fourth-order valence-corrected chi connectivity index (χ4v) is 3.18. The van der Waals surface area contributed by atoms with E-state index >= 15 is 0 Å². The predicted octanol–water partition coefficient (Wildman–Crippen LogP) is 3.54. The smallest absolute Gasteiger partial charge is 0.179 e. The van der Waals surface area contributed by atoms with E-state index in [0.29, 0.717) is 11.8 Å². The number of hydrogen-bond donors (Lipinski definition) is 0. The van der Waals surface area contributed by atoms with Gasteiger partial charge in [0.25, 0.3) is 0 Å². The molecule has 2 atom stereocenters. The van der Waals surface area contributed by atoms with Crippen LogP contribution in [0.2, 0.25) is 0 Å². The largest absolute Gasteiger partial charge is 0.348 e. The molecular weight excluding hydrogens is 212 g/mol. The fourth-order valence-electron chi connectivity index (χ4n) is 3.18. The van der Waals surface area contributed by atoms with Crippen molar-refractivity contribution in [3.05, 3.63) is 23.8 Å². The van der Waals surface area contributed by atoms with E-state index < -0.39 is 0 Å². The standard InChI is InChI=1S/C15H24O2/c1-10(2)14-16-8-15(9-17-14)12(4)6-11(3)7-13(15)5/h6,12-14H,1,7-9H2,2-5H3/t12-,13-,14?,15?/m1/s1. The van der Waals surface area contributed by atoms with Gasteiger partial charge in [0, 0.05) is 5.41 Å². The first-order valence-electron chi connectivity index (χ1n) is 6.51. The van der Waals surface area contributed by atoms with E-state index in [0.717, 1.165) is 25.2 Å². The number of hydrogen-bond acceptors (Lipinski definition) is 2. The second-order valence-electron chi connectivity index (χ2n) is 5.94. The van der Waals surface area contributed by atoms with Crippen LogP contribution in [-0.2, 0) is 9.47 Å². The maximum absolute atomic E-state index is 5.86. The Balaban J connectivity index is 2.14. The molecule has 2 rings (SSSR count). The molecule has 0 unspecified atom stereocenters. The van der Waals surface area contributed by atoms with Crippen LogP contribution in [-0.4, -0.2) is 19.5 Å². The molecule has 0 saturated carbocycles. The molecule has 0 radical (unpaired) electrons. The lowest BCUT2D eigenvalue weighted by atomic mass is 9.63. The van der Waals surface area contributed by atoms with E-state index in [9.17, 15) is 0 Å². The van der Waals surface area contributed by atoms with Crippen LogP contribution in [0.3, 0.4) is 0 Å².